The fourth-order valence-electron chi connectivity index (χ4n) is 1.00. The Kier molecular flexibility index (Phi) is 3.40. The van der Waals surface area contributed by atoms with E-state index < -0.39 is 12.0 Å². The number of aromatic nitrogens is 2. The number of rotatable bonds is 4. The van der Waals surface area contributed by atoms with E-state index in [1.165, 1.54) is 11.5 Å². The van der Waals surface area contributed by atoms with Crippen molar-refractivity contribution in [1.29, 1.82) is 0 Å². The summed E-state index contributed by atoms with van der Waals surface area (Å²) >= 11 is 1.18. The smallest absolute Gasteiger partial charge is 0.326 e. The molecular formula is C8H13N3O2S. The van der Waals surface area contributed by atoms with E-state index in [4.69, 9.17) is 5.11 Å². The molecule has 5 nitrogen and oxygen atoms in total. The summed E-state index contributed by atoms with van der Waals surface area (Å²) in [6, 6.07) is -0.609. The normalized spacial score (nSPS) is 12.9. The molecule has 0 unspecified atom stereocenters. The van der Waals surface area contributed by atoms with Gasteiger partial charge >= 0.3 is 5.97 Å². The van der Waals surface area contributed by atoms with Crippen molar-refractivity contribution in [1.82, 2.24) is 9.36 Å². The summed E-state index contributed by atoms with van der Waals surface area (Å²) in [5.41, 5.74) is 0. The van der Waals surface area contributed by atoms with Gasteiger partial charge in [-0.25, -0.2) is 9.78 Å². The Morgan fingerprint density at radius 2 is 2.21 bits per heavy atom. The highest BCUT2D eigenvalue weighted by molar-refractivity contribution is 7.09. The minimum Gasteiger partial charge on any atom is -0.480 e. The molecule has 0 bridgehead atoms. The standard InChI is InChI=1S/C8H13N3O2S/c1-4(2)6(7(12)13)10-8-9-5(3)11-14-8/h4,6H,1-3H3,(H,12,13)(H,9,10,11)/t6-/m1/s1. The summed E-state index contributed by atoms with van der Waals surface area (Å²) in [6.07, 6.45) is 0. The summed E-state index contributed by atoms with van der Waals surface area (Å²) in [6.45, 7) is 5.46. The number of anilines is 1. The lowest BCUT2D eigenvalue weighted by Gasteiger charge is -2.16. The molecule has 1 heterocycles. The number of carboxylic acid groups (broad SMARTS) is 1. The fraction of sp³-hybridized carbons (Fsp3) is 0.625. The quantitative estimate of drug-likeness (QED) is 0.793. The molecule has 0 amide bonds. The molecule has 0 spiro atoms. The lowest BCUT2D eigenvalue weighted by molar-refractivity contribution is -0.138. The monoisotopic (exact) mass is 215 g/mol. The third-order valence-corrected chi connectivity index (χ3v) is 2.48. The molecule has 0 saturated heterocycles. The van der Waals surface area contributed by atoms with Gasteiger partial charge < -0.3 is 10.4 Å². The molecule has 1 atom stereocenters. The Balaban J connectivity index is 2.69. The molecule has 6 heteroatoms. The van der Waals surface area contributed by atoms with E-state index in [9.17, 15) is 4.79 Å². The maximum atomic E-state index is 10.8. The Morgan fingerprint density at radius 3 is 2.57 bits per heavy atom. The second-order valence-corrected chi connectivity index (χ2v) is 4.10. The van der Waals surface area contributed by atoms with Crippen LogP contribution < -0.4 is 5.32 Å². The average Bonchev–Trinajstić information content (AvgIpc) is 2.46. The molecule has 0 aliphatic rings. The van der Waals surface area contributed by atoms with Crippen molar-refractivity contribution >= 4 is 22.6 Å². The van der Waals surface area contributed by atoms with E-state index in [-0.39, 0.29) is 5.92 Å². The zero-order chi connectivity index (χ0) is 10.7. The van der Waals surface area contributed by atoms with Gasteiger partial charge in [-0.15, -0.1) is 0 Å². The van der Waals surface area contributed by atoms with Gasteiger partial charge in [0.15, 0.2) is 0 Å². The average molecular weight is 215 g/mol. The molecule has 0 saturated carbocycles. The third-order valence-electron chi connectivity index (χ3n) is 1.74. The lowest BCUT2D eigenvalue weighted by atomic mass is 10.1. The first-order chi connectivity index (χ1) is 6.50. The van der Waals surface area contributed by atoms with Gasteiger partial charge in [-0.2, -0.15) is 4.37 Å². The van der Waals surface area contributed by atoms with Gasteiger partial charge in [0.2, 0.25) is 5.13 Å². The van der Waals surface area contributed by atoms with E-state index in [2.05, 4.69) is 14.7 Å². The highest BCUT2D eigenvalue weighted by atomic mass is 32.1. The first-order valence-electron chi connectivity index (χ1n) is 4.30. The maximum Gasteiger partial charge on any atom is 0.326 e. The summed E-state index contributed by atoms with van der Waals surface area (Å²) < 4.78 is 3.96. The molecule has 1 aromatic rings. The number of aliphatic carboxylic acids is 1. The van der Waals surface area contributed by atoms with Crippen molar-refractivity contribution in [2.24, 2.45) is 5.92 Å². The third kappa shape index (κ3) is 2.66. The molecule has 1 aromatic heterocycles. The van der Waals surface area contributed by atoms with Gasteiger partial charge in [-0.05, 0) is 12.8 Å². The molecule has 0 aliphatic heterocycles. The molecule has 0 fully saturated rings. The number of nitrogens with zero attached hydrogens (tertiary/aromatic N) is 2. The predicted molar refractivity (Wildman–Crippen MR) is 54.5 cm³/mol. The SMILES string of the molecule is Cc1nsc(N[C@@H](C(=O)O)C(C)C)n1. The van der Waals surface area contributed by atoms with Gasteiger partial charge in [-0.3, -0.25) is 0 Å². The summed E-state index contributed by atoms with van der Waals surface area (Å²) in [5, 5.41) is 12.3. The fourth-order valence-corrected chi connectivity index (χ4v) is 1.61. The highest BCUT2D eigenvalue weighted by Gasteiger charge is 2.22. The van der Waals surface area contributed by atoms with Crippen molar-refractivity contribution in [2.45, 2.75) is 26.8 Å². The Labute approximate surface area is 86.3 Å². The van der Waals surface area contributed by atoms with Gasteiger partial charge in [0, 0.05) is 11.5 Å². The van der Waals surface area contributed by atoms with Crippen LogP contribution >= 0.6 is 11.5 Å². The lowest BCUT2D eigenvalue weighted by Crippen LogP contribution is -2.34. The van der Waals surface area contributed by atoms with Crippen molar-refractivity contribution in [3.63, 3.8) is 0 Å². The van der Waals surface area contributed by atoms with Crippen molar-refractivity contribution in [2.75, 3.05) is 5.32 Å². The second-order valence-electron chi connectivity index (χ2n) is 3.35. The first-order valence-corrected chi connectivity index (χ1v) is 5.07. The van der Waals surface area contributed by atoms with Gasteiger partial charge in [0.05, 0.1) is 0 Å². The molecule has 1 rings (SSSR count). The summed E-state index contributed by atoms with van der Waals surface area (Å²) in [7, 11) is 0. The number of aryl methyl sites for hydroxylation is 1. The van der Waals surface area contributed by atoms with E-state index in [1.54, 1.807) is 6.92 Å². The first kappa shape index (κ1) is 10.9. The second kappa shape index (κ2) is 4.36. The minimum atomic E-state index is -0.868. The zero-order valence-corrected chi connectivity index (χ0v) is 9.13. The molecule has 0 aliphatic carbocycles. The van der Waals surface area contributed by atoms with E-state index >= 15 is 0 Å². The number of nitrogens with one attached hydrogen (secondary N) is 1. The van der Waals surface area contributed by atoms with Crippen LogP contribution in [0.5, 0.6) is 0 Å². The summed E-state index contributed by atoms with van der Waals surface area (Å²) in [4.78, 5) is 14.9. The molecule has 78 valence electrons. The van der Waals surface area contributed by atoms with E-state index in [0.29, 0.717) is 11.0 Å². The number of carboxylic acids is 1. The zero-order valence-electron chi connectivity index (χ0n) is 8.31. The van der Waals surface area contributed by atoms with Crippen LogP contribution in [0.1, 0.15) is 19.7 Å². The minimum absolute atomic E-state index is 0.0108. The van der Waals surface area contributed by atoms with Gasteiger partial charge in [0.25, 0.3) is 0 Å². The Hall–Kier alpha value is -1.17. The highest BCUT2D eigenvalue weighted by Crippen LogP contribution is 2.15. The van der Waals surface area contributed by atoms with E-state index in [1.807, 2.05) is 13.8 Å². The molecule has 2 N–H and O–H groups in total. The topological polar surface area (TPSA) is 75.1 Å². The van der Waals surface area contributed by atoms with Crippen molar-refractivity contribution in [3.05, 3.63) is 5.82 Å². The largest absolute Gasteiger partial charge is 0.480 e. The summed E-state index contributed by atoms with van der Waals surface area (Å²) in [5.74, 6) is -0.199. The number of hydrogen-bond acceptors (Lipinski definition) is 5. The van der Waals surface area contributed by atoms with E-state index in [0.717, 1.165) is 0 Å². The van der Waals surface area contributed by atoms with Gasteiger partial charge in [-0.1, -0.05) is 13.8 Å². The predicted octanol–water partition coefficient (Wildman–Crippen LogP) is 1.37. The molecular weight excluding hydrogens is 202 g/mol. The maximum absolute atomic E-state index is 10.8. The van der Waals surface area contributed by atoms with Crippen LogP contribution in [0.15, 0.2) is 0 Å². The van der Waals surface area contributed by atoms with Crippen LogP contribution in [-0.2, 0) is 4.79 Å². The van der Waals surface area contributed by atoms with Crippen molar-refractivity contribution in [3.8, 4) is 0 Å². The van der Waals surface area contributed by atoms with Crippen LogP contribution in [0.25, 0.3) is 0 Å². The number of hydrogen-bond donors (Lipinski definition) is 2. The van der Waals surface area contributed by atoms with Crippen LogP contribution in [0.3, 0.4) is 0 Å². The van der Waals surface area contributed by atoms with Crippen LogP contribution in [0.4, 0.5) is 5.13 Å². The van der Waals surface area contributed by atoms with Crippen molar-refractivity contribution < 1.29 is 9.90 Å². The Bertz CT molecular complexity index is 324. The van der Waals surface area contributed by atoms with Crippen LogP contribution in [0, 0.1) is 12.8 Å². The molecule has 0 radical (unpaired) electrons. The van der Waals surface area contributed by atoms with Crippen LogP contribution in [0.2, 0.25) is 0 Å². The van der Waals surface area contributed by atoms with Crippen LogP contribution in [-0.4, -0.2) is 26.5 Å². The molecule has 0 aromatic carbocycles. The van der Waals surface area contributed by atoms with Gasteiger partial charge in [0.1, 0.15) is 11.9 Å². The number of carbonyl (C=O) groups is 1. The molecule has 14 heavy (non-hydrogen) atoms. The Morgan fingerprint density at radius 1 is 1.57 bits per heavy atom.